The molecule has 1 aromatic carbocycles. The number of anilines is 1. The van der Waals surface area contributed by atoms with Gasteiger partial charge in [0.1, 0.15) is 5.02 Å². The van der Waals surface area contributed by atoms with Crippen molar-refractivity contribution in [3.63, 3.8) is 0 Å². The van der Waals surface area contributed by atoms with E-state index in [4.69, 9.17) is 11.6 Å². The number of benzene rings is 1. The van der Waals surface area contributed by atoms with Crippen LogP contribution in [0.25, 0.3) is 0 Å². The Balaban J connectivity index is 1.97. The standard InChI is InChI=1S/C15H20ClN3O4/c1-15(10-20)5-2-6-18(9-15)8-14(21)17-11-3-4-12(16)13(7-11)19(22)23/h3-4,7,20H,2,5-6,8-10H2,1H3,(H,17,21). The molecule has 1 atom stereocenters. The van der Waals surface area contributed by atoms with Crippen molar-refractivity contribution in [2.45, 2.75) is 19.8 Å². The number of nitrogens with one attached hydrogen (secondary N) is 1. The molecule has 0 saturated carbocycles. The van der Waals surface area contributed by atoms with Gasteiger partial charge in [-0.3, -0.25) is 19.8 Å². The highest BCUT2D eigenvalue weighted by atomic mass is 35.5. The van der Waals surface area contributed by atoms with Gasteiger partial charge in [0, 0.05) is 30.3 Å². The van der Waals surface area contributed by atoms with Gasteiger partial charge in [-0.2, -0.15) is 0 Å². The van der Waals surface area contributed by atoms with Crippen molar-refractivity contribution in [2.24, 2.45) is 5.41 Å². The monoisotopic (exact) mass is 341 g/mol. The quantitative estimate of drug-likeness (QED) is 0.632. The van der Waals surface area contributed by atoms with Crippen molar-refractivity contribution in [3.8, 4) is 0 Å². The number of carbonyl (C=O) groups excluding carboxylic acids is 1. The number of nitro groups is 1. The SMILES string of the molecule is CC1(CO)CCCN(CC(=O)Nc2ccc(Cl)c([N+](=O)[O-])c2)C1. The summed E-state index contributed by atoms with van der Waals surface area (Å²) in [6, 6.07) is 4.16. The van der Waals surface area contributed by atoms with Crippen LogP contribution in [-0.4, -0.2) is 47.1 Å². The van der Waals surface area contributed by atoms with E-state index in [1.54, 1.807) is 0 Å². The lowest BCUT2D eigenvalue weighted by atomic mass is 9.83. The van der Waals surface area contributed by atoms with Gasteiger partial charge in [0.05, 0.1) is 11.5 Å². The van der Waals surface area contributed by atoms with Crippen LogP contribution in [0.1, 0.15) is 19.8 Å². The second-order valence-corrected chi connectivity index (χ2v) is 6.66. The van der Waals surface area contributed by atoms with Crippen molar-refractivity contribution in [3.05, 3.63) is 33.3 Å². The van der Waals surface area contributed by atoms with Gasteiger partial charge in [-0.05, 0) is 31.5 Å². The van der Waals surface area contributed by atoms with Crippen molar-refractivity contribution in [2.75, 3.05) is 31.6 Å². The first-order chi connectivity index (χ1) is 10.8. The molecule has 7 nitrogen and oxygen atoms in total. The Hall–Kier alpha value is -1.70. The first-order valence-electron chi connectivity index (χ1n) is 7.40. The Morgan fingerprint density at radius 1 is 1.57 bits per heavy atom. The Labute approximate surface area is 139 Å². The summed E-state index contributed by atoms with van der Waals surface area (Å²) in [5.74, 6) is -0.246. The van der Waals surface area contributed by atoms with Crippen LogP contribution in [0, 0.1) is 15.5 Å². The molecule has 2 rings (SSSR count). The van der Waals surface area contributed by atoms with Gasteiger partial charge in [0.25, 0.3) is 5.69 Å². The third-order valence-corrected chi connectivity index (χ3v) is 4.36. The minimum atomic E-state index is -0.588. The lowest BCUT2D eigenvalue weighted by Gasteiger charge is -2.38. The minimum Gasteiger partial charge on any atom is -0.396 e. The van der Waals surface area contributed by atoms with Gasteiger partial charge in [0.2, 0.25) is 5.91 Å². The number of likely N-dealkylation sites (tertiary alicyclic amines) is 1. The Morgan fingerprint density at radius 3 is 2.96 bits per heavy atom. The van der Waals surface area contributed by atoms with Gasteiger partial charge >= 0.3 is 0 Å². The number of nitro benzene ring substituents is 1. The first-order valence-corrected chi connectivity index (χ1v) is 7.78. The van der Waals surface area contributed by atoms with E-state index >= 15 is 0 Å². The molecule has 126 valence electrons. The Bertz CT molecular complexity index is 610. The molecule has 0 bridgehead atoms. The largest absolute Gasteiger partial charge is 0.396 e. The molecule has 1 aromatic rings. The minimum absolute atomic E-state index is 0.0303. The summed E-state index contributed by atoms with van der Waals surface area (Å²) in [5.41, 5.74) is -0.0826. The van der Waals surface area contributed by atoms with E-state index in [0.717, 1.165) is 19.4 Å². The van der Waals surface area contributed by atoms with Crippen molar-refractivity contribution >= 4 is 28.9 Å². The molecular weight excluding hydrogens is 322 g/mol. The summed E-state index contributed by atoms with van der Waals surface area (Å²) in [5, 5.41) is 23.0. The van der Waals surface area contributed by atoms with Crippen LogP contribution in [-0.2, 0) is 4.79 Å². The second-order valence-electron chi connectivity index (χ2n) is 6.25. The summed E-state index contributed by atoms with van der Waals surface area (Å²) in [6.45, 7) is 3.72. The molecule has 1 unspecified atom stereocenters. The Morgan fingerprint density at radius 2 is 2.30 bits per heavy atom. The van der Waals surface area contributed by atoms with Crippen LogP contribution in [0.3, 0.4) is 0 Å². The van der Waals surface area contributed by atoms with E-state index in [1.165, 1.54) is 18.2 Å². The maximum absolute atomic E-state index is 12.1. The molecule has 1 aliphatic heterocycles. The fraction of sp³-hybridized carbons (Fsp3) is 0.533. The lowest BCUT2D eigenvalue weighted by molar-refractivity contribution is -0.384. The fourth-order valence-electron chi connectivity index (χ4n) is 2.83. The highest BCUT2D eigenvalue weighted by Gasteiger charge is 2.31. The van der Waals surface area contributed by atoms with E-state index in [1.807, 2.05) is 11.8 Å². The van der Waals surface area contributed by atoms with Gasteiger partial charge in [-0.1, -0.05) is 18.5 Å². The molecule has 1 fully saturated rings. The Kier molecular flexibility index (Phi) is 5.56. The lowest BCUT2D eigenvalue weighted by Crippen LogP contribution is -2.46. The van der Waals surface area contributed by atoms with E-state index in [9.17, 15) is 20.0 Å². The summed E-state index contributed by atoms with van der Waals surface area (Å²) in [7, 11) is 0. The van der Waals surface area contributed by atoms with Crippen LogP contribution in [0.4, 0.5) is 11.4 Å². The van der Waals surface area contributed by atoms with E-state index in [-0.39, 0.29) is 35.2 Å². The van der Waals surface area contributed by atoms with E-state index < -0.39 is 4.92 Å². The van der Waals surface area contributed by atoms with Gasteiger partial charge < -0.3 is 10.4 Å². The molecule has 23 heavy (non-hydrogen) atoms. The van der Waals surface area contributed by atoms with E-state index in [0.29, 0.717) is 12.2 Å². The average molecular weight is 342 g/mol. The zero-order chi connectivity index (χ0) is 17.0. The number of nitrogens with zero attached hydrogens (tertiary/aromatic N) is 2. The summed E-state index contributed by atoms with van der Waals surface area (Å²) < 4.78 is 0. The molecule has 1 amide bonds. The first kappa shape index (κ1) is 17.7. The number of aliphatic hydroxyl groups is 1. The highest BCUT2D eigenvalue weighted by molar-refractivity contribution is 6.32. The van der Waals surface area contributed by atoms with Crippen LogP contribution in [0.2, 0.25) is 5.02 Å². The number of rotatable bonds is 5. The maximum Gasteiger partial charge on any atom is 0.289 e. The van der Waals surface area contributed by atoms with Crippen molar-refractivity contribution in [1.82, 2.24) is 4.90 Å². The molecule has 8 heteroatoms. The number of halogens is 1. The van der Waals surface area contributed by atoms with Gasteiger partial charge in [-0.15, -0.1) is 0 Å². The normalized spacial score (nSPS) is 21.9. The zero-order valence-corrected chi connectivity index (χ0v) is 13.7. The average Bonchev–Trinajstić information content (AvgIpc) is 2.49. The van der Waals surface area contributed by atoms with Crippen molar-refractivity contribution < 1.29 is 14.8 Å². The third-order valence-electron chi connectivity index (χ3n) is 4.04. The van der Waals surface area contributed by atoms with Crippen molar-refractivity contribution in [1.29, 1.82) is 0 Å². The molecule has 1 saturated heterocycles. The molecule has 1 heterocycles. The van der Waals surface area contributed by atoms with Gasteiger partial charge in [-0.25, -0.2) is 0 Å². The molecule has 0 spiro atoms. The van der Waals surface area contributed by atoms with Gasteiger partial charge in [0.15, 0.2) is 0 Å². The summed E-state index contributed by atoms with van der Waals surface area (Å²) >= 11 is 5.74. The number of hydrogen-bond acceptors (Lipinski definition) is 5. The van der Waals surface area contributed by atoms with Crippen LogP contribution < -0.4 is 5.32 Å². The molecule has 1 aliphatic rings. The number of carbonyl (C=O) groups is 1. The smallest absolute Gasteiger partial charge is 0.289 e. The predicted molar refractivity (Wildman–Crippen MR) is 87.6 cm³/mol. The number of piperidine rings is 1. The number of aliphatic hydroxyl groups excluding tert-OH is 1. The third kappa shape index (κ3) is 4.63. The summed E-state index contributed by atoms with van der Waals surface area (Å²) in [6.07, 6.45) is 1.86. The highest BCUT2D eigenvalue weighted by Crippen LogP contribution is 2.29. The molecule has 0 aliphatic carbocycles. The number of hydrogen-bond donors (Lipinski definition) is 2. The predicted octanol–water partition coefficient (Wildman–Crippen LogP) is 2.28. The van der Waals surface area contributed by atoms with Crippen LogP contribution >= 0.6 is 11.6 Å². The van der Waals surface area contributed by atoms with E-state index in [2.05, 4.69) is 5.32 Å². The molecule has 2 N–H and O–H groups in total. The second kappa shape index (κ2) is 7.25. The molecule has 0 radical (unpaired) electrons. The zero-order valence-electron chi connectivity index (χ0n) is 12.9. The number of amides is 1. The molecular formula is C15H20ClN3O4. The topological polar surface area (TPSA) is 95.7 Å². The summed E-state index contributed by atoms with van der Waals surface area (Å²) in [4.78, 5) is 24.4. The van der Waals surface area contributed by atoms with Crippen LogP contribution in [0.15, 0.2) is 18.2 Å². The maximum atomic E-state index is 12.1. The fourth-order valence-corrected chi connectivity index (χ4v) is 3.01. The van der Waals surface area contributed by atoms with Crippen LogP contribution in [0.5, 0.6) is 0 Å². The molecule has 0 aromatic heterocycles.